The highest BCUT2D eigenvalue weighted by atomic mass is 127. The Morgan fingerprint density at radius 2 is 2.24 bits per heavy atom. The first-order valence-electron chi connectivity index (χ1n) is 9.99. The number of hydrogen-bond acceptors (Lipinski definition) is 3. The molecule has 1 saturated heterocycles. The molecule has 1 N–H and O–H groups in total. The summed E-state index contributed by atoms with van der Waals surface area (Å²) in [4.78, 5) is 7.20. The molecule has 29 heavy (non-hydrogen) atoms. The van der Waals surface area contributed by atoms with Crippen molar-refractivity contribution in [2.24, 2.45) is 12.0 Å². The average molecular weight is 513 g/mol. The minimum atomic E-state index is -0.174. The quantitative estimate of drug-likeness (QED) is 0.379. The maximum Gasteiger partial charge on any atom is 0.194 e. The van der Waals surface area contributed by atoms with Crippen LogP contribution in [0.1, 0.15) is 37.0 Å². The minimum Gasteiger partial charge on any atom is -0.370 e. The van der Waals surface area contributed by atoms with E-state index in [-0.39, 0.29) is 41.3 Å². The van der Waals surface area contributed by atoms with Gasteiger partial charge in [-0.15, -0.1) is 24.0 Å². The van der Waals surface area contributed by atoms with Crippen molar-refractivity contribution in [2.45, 2.75) is 31.3 Å². The molecule has 1 aliphatic heterocycles. The van der Waals surface area contributed by atoms with Crippen molar-refractivity contribution in [3.05, 3.63) is 53.6 Å². The molecule has 4 rings (SSSR count). The standard InChI is InChI=1S/C21H28FN5O.HI/c1-3-23-20(24-15-21(7-8-21)17-5-4-6-18(22)11-17)27-9-10-28-19(14-27)16-12-25-26(2)13-16;/h4-6,11-13,19H,3,7-10,14-15H2,1-2H3,(H,23,24);1H. The molecule has 0 bridgehead atoms. The number of aliphatic imine (C=N–C) groups is 1. The van der Waals surface area contributed by atoms with E-state index in [2.05, 4.69) is 22.2 Å². The normalized spacial score (nSPS) is 20.9. The Bertz CT molecular complexity index is 851. The highest BCUT2D eigenvalue weighted by molar-refractivity contribution is 14.0. The number of guanidine groups is 1. The maximum absolute atomic E-state index is 13.7. The van der Waals surface area contributed by atoms with Crippen LogP contribution in [-0.4, -0.2) is 53.4 Å². The highest BCUT2D eigenvalue weighted by Gasteiger charge is 2.44. The van der Waals surface area contributed by atoms with Crippen LogP contribution in [0.4, 0.5) is 4.39 Å². The van der Waals surface area contributed by atoms with Crippen molar-refractivity contribution in [3.63, 3.8) is 0 Å². The third-order valence-electron chi connectivity index (χ3n) is 5.62. The van der Waals surface area contributed by atoms with Crippen LogP contribution in [0.25, 0.3) is 0 Å². The molecule has 1 aromatic heterocycles. The van der Waals surface area contributed by atoms with Crippen LogP contribution in [0.3, 0.4) is 0 Å². The van der Waals surface area contributed by atoms with Crippen molar-refractivity contribution in [3.8, 4) is 0 Å². The Hall–Kier alpha value is -1.68. The van der Waals surface area contributed by atoms with Gasteiger partial charge >= 0.3 is 0 Å². The lowest BCUT2D eigenvalue weighted by Gasteiger charge is -2.35. The number of nitrogens with zero attached hydrogens (tertiary/aromatic N) is 4. The molecule has 8 heteroatoms. The van der Waals surface area contributed by atoms with E-state index < -0.39 is 0 Å². The van der Waals surface area contributed by atoms with Crippen molar-refractivity contribution < 1.29 is 9.13 Å². The Balaban J connectivity index is 0.00000240. The smallest absolute Gasteiger partial charge is 0.194 e. The van der Waals surface area contributed by atoms with Crippen LogP contribution >= 0.6 is 24.0 Å². The second-order valence-electron chi connectivity index (χ2n) is 7.71. The molecule has 1 aliphatic carbocycles. The highest BCUT2D eigenvalue weighted by Crippen LogP contribution is 2.48. The summed E-state index contributed by atoms with van der Waals surface area (Å²) in [5, 5.41) is 7.68. The monoisotopic (exact) mass is 513 g/mol. The van der Waals surface area contributed by atoms with E-state index in [9.17, 15) is 4.39 Å². The first-order valence-corrected chi connectivity index (χ1v) is 9.99. The second kappa shape index (κ2) is 9.42. The van der Waals surface area contributed by atoms with Gasteiger partial charge in [0.25, 0.3) is 0 Å². The Kier molecular flexibility index (Phi) is 7.15. The largest absolute Gasteiger partial charge is 0.370 e. The first-order chi connectivity index (χ1) is 13.6. The van der Waals surface area contributed by atoms with E-state index in [1.165, 1.54) is 6.07 Å². The lowest BCUT2D eigenvalue weighted by atomic mass is 9.96. The van der Waals surface area contributed by atoms with Gasteiger partial charge in [0.1, 0.15) is 11.9 Å². The third-order valence-corrected chi connectivity index (χ3v) is 5.62. The molecule has 0 radical (unpaired) electrons. The average Bonchev–Trinajstić information content (AvgIpc) is 3.38. The number of halogens is 2. The molecule has 2 heterocycles. The zero-order valence-corrected chi connectivity index (χ0v) is 19.3. The molecular formula is C21H29FIN5O. The summed E-state index contributed by atoms with van der Waals surface area (Å²) >= 11 is 0. The van der Waals surface area contributed by atoms with Crippen molar-refractivity contribution in [1.29, 1.82) is 0 Å². The van der Waals surface area contributed by atoms with Gasteiger partial charge in [0.05, 0.1) is 25.9 Å². The number of ether oxygens (including phenoxy) is 1. The fraction of sp³-hybridized carbons (Fsp3) is 0.524. The van der Waals surface area contributed by atoms with E-state index in [4.69, 9.17) is 9.73 Å². The van der Waals surface area contributed by atoms with Gasteiger partial charge in [-0.3, -0.25) is 9.67 Å². The molecule has 2 aromatic rings. The van der Waals surface area contributed by atoms with Gasteiger partial charge in [0.2, 0.25) is 0 Å². The molecule has 6 nitrogen and oxygen atoms in total. The van der Waals surface area contributed by atoms with Crippen LogP contribution in [0.2, 0.25) is 0 Å². The fourth-order valence-corrected chi connectivity index (χ4v) is 3.81. The SMILES string of the molecule is CCNC(=NCC1(c2cccc(F)c2)CC1)N1CCOC(c2cnn(C)c2)C1.I. The van der Waals surface area contributed by atoms with Crippen molar-refractivity contribution in [1.82, 2.24) is 20.0 Å². The number of aryl methyl sites for hydroxylation is 1. The van der Waals surface area contributed by atoms with Gasteiger partial charge in [-0.25, -0.2) is 4.39 Å². The number of rotatable bonds is 5. The fourth-order valence-electron chi connectivity index (χ4n) is 3.81. The van der Waals surface area contributed by atoms with E-state index in [1.807, 2.05) is 25.5 Å². The van der Waals surface area contributed by atoms with Gasteiger partial charge in [-0.1, -0.05) is 12.1 Å². The van der Waals surface area contributed by atoms with Gasteiger partial charge in [0.15, 0.2) is 5.96 Å². The molecule has 2 aliphatic rings. The molecule has 158 valence electrons. The van der Waals surface area contributed by atoms with E-state index >= 15 is 0 Å². The van der Waals surface area contributed by atoms with Crippen molar-refractivity contribution >= 4 is 29.9 Å². The zero-order valence-electron chi connectivity index (χ0n) is 17.0. The number of hydrogen-bond donors (Lipinski definition) is 1. The van der Waals surface area contributed by atoms with Crippen LogP contribution in [0.15, 0.2) is 41.7 Å². The van der Waals surface area contributed by atoms with Crippen LogP contribution in [0.5, 0.6) is 0 Å². The Morgan fingerprint density at radius 1 is 1.41 bits per heavy atom. The summed E-state index contributed by atoms with van der Waals surface area (Å²) in [7, 11) is 1.91. The molecule has 1 unspecified atom stereocenters. The molecule has 1 atom stereocenters. The van der Waals surface area contributed by atoms with E-state index in [0.29, 0.717) is 13.2 Å². The minimum absolute atomic E-state index is 0. The van der Waals surface area contributed by atoms with Crippen molar-refractivity contribution in [2.75, 3.05) is 32.8 Å². The van der Waals surface area contributed by atoms with E-state index in [0.717, 1.165) is 49.6 Å². The van der Waals surface area contributed by atoms with Gasteiger partial charge in [-0.05, 0) is 37.5 Å². The summed E-state index contributed by atoms with van der Waals surface area (Å²) in [6, 6.07) is 6.97. The van der Waals surface area contributed by atoms with Crippen LogP contribution in [-0.2, 0) is 17.2 Å². The van der Waals surface area contributed by atoms with Gasteiger partial charge in [-0.2, -0.15) is 5.10 Å². The second-order valence-corrected chi connectivity index (χ2v) is 7.71. The number of aromatic nitrogens is 2. The molecule has 2 fully saturated rings. The number of benzene rings is 1. The molecule has 0 spiro atoms. The summed E-state index contributed by atoms with van der Waals surface area (Å²) < 4.78 is 21.4. The first kappa shape index (κ1) is 22.0. The summed E-state index contributed by atoms with van der Waals surface area (Å²) in [6.07, 6.45) is 5.97. The predicted molar refractivity (Wildman–Crippen MR) is 122 cm³/mol. The third kappa shape index (κ3) is 5.09. The zero-order chi connectivity index (χ0) is 19.6. The topological polar surface area (TPSA) is 54.7 Å². The molecular weight excluding hydrogens is 484 g/mol. The van der Waals surface area contributed by atoms with Crippen LogP contribution in [0, 0.1) is 5.82 Å². The summed E-state index contributed by atoms with van der Waals surface area (Å²) in [5.41, 5.74) is 2.13. The Morgan fingerprint density at radius 3 is 2.90 bits per heavy atom. The number of nitrogens with one attached hydrogen (secondary N) is 1. The van der Waals surface area contributed by atoms with E-state index in [1.54, 1.807) is 16.8 Å². The summed E-state index contributed by atoms with van der Waals surface area (Å²) in [6.45, 7) is 5.75. The lowest BCUT2D eigenvalue weighted by Crippen LogP contribution is -2.48. The predicted octanol–water partition coefficient (Wildman–Crippen LogP) is 3.25. The van der Waals surface area contributed by atoms with Gasteiger partial charge < -0.3 is 15.0 Å². The summed E-state index contributed by atoms with van der Waals surface area (Å²) in [5.74, 6) is 0.731. The number of morpholine rings is 1. The van der Waals surface area contributed by atoms with Gasteiger partial charge in [0, 0.05) is 37.3 Å². The molecule has 1 aromatic carbocycles. The molecule has 0 amide bonds. The lowest BCUT2D eigenvalue weighted by molar-refractivity contribution is -0.00805. The maximum atomic E-state index is 13.7. The van der Waals surface area contributed by atoms with Crippen LogP contribution < -0.4 is 5.32 Å². The molecule has 1 saturated carbocycles. The Labute approximate surface area is 188 Å².